The Labute approximate surface area is 88.8 Å². The molecule has 1 N–H and O–H groups in total. The Morgan fingerprint density at radius 3 is 2.93 bits per heavy atom. The van der Waals surface area contributed by atoms with Crippen LogP contribution in [0.1, 0.15) is 20.3 Å². The summed E-state index contributed by atoms with van der Waals surface area (Å²) in [6.45, 7) is 4.81. The quantitative estimate of drug-likeness (QED) is 0.654. The summed E-state index contributed by atoms with van der Waals surface area (Å²) in [7, 11) is 0. The minimum atomic E-state index is -0.0378. The predicted molar refractivity (Wildman–Crippen MR) is 52.8 cm³/mol. The maximum Gasteiger partial charge on any atom is 0.229 e. The second-order valence-corrected chi connectivity index (χ2v) is 4.36. The van der Waals surface area contributed by atoms with E-state index in [9.17, 15) is 9.59 Å². The van der Waals surface area contributed by atoms with Gasteiger partial charge in [0.05, 0.1) is 19.1 Å². The van der Waals surface area contributed by atoms with Crippen molar-refractivity contribution < 1.29 is 14.3 Å². The van der Waals surface area contributed by atoms with Gasteiger partial charge in [-0.25, -0.2) is 0 Å². The van der Waals surface area contributed by atoms with Crippen LogP contribution < -0.4 is 5.32 Å². The first kappa shape index (κ1) is 10.4. The molecule has 2 rings (SSSR count). The highest BCUT2D eigenvalue weighted by Crippen LogP contribution is 2.28. The van der Waals surface area contributed by atoms with E-state index in [2.05, 4.69) is 5.32 Å². The number of fused-ring (bicyclic) bond motifs is 1. The lowest BCUT2D eigenvalue weighted by Crippen LogP contribution is -2.48. The zero-order valence-corrected chi connectivity index (χ0v) is 9.03. The lowest BCUT2D eigenvalue weighted by Gasteiger charge is -2.31. The number of nitrogens with zero attached hydrogens (tertiary/aromatic N) is 1. The fourth-order valence-electron chi connectivity index (χ4n) is 1.78. The molecule has 2 aliphatic rings. The molecule has 0 spiro atoms. The fourth-order valence-corrected chi connectivity index (χ4v) is 1.78. The predicted octanol–water partition coefficient (Wildman–Crippen LogP) is -0.284. The first-order chi connectivity index (χ1) is 7.08. The molecule has 2 atom stereocenters. The van der Waals surface area contributed by atoms with E-state index in [1.807, 2.05) is 13.8 Å². The first-order valence-corrected chi connectivity index (χ1v) is 5.30. The van der Waals surface area contributed by atoms with Crippen LogP contribution in [0.2, 0.25) is 0 Å². The number of carbonyl (C=O) groups excluding carboxylic acids is 2. The van der Waals surface area contributed by atoms with E-state index in [0.717, 1.165) is 0 Å². The van der Waals surface area contributed by atoms with Crippen molar-refractivity contribution >= 4 is 11.8 Å². The third-order valence-electron chi connectivity index (χ3n) is 2.80. The second kappa shape index (κ2) is 3.81. The molecule has 5 heteroatoms. The summed E-state index contributed by atoms with van der Waals surface area (Å²) in [4.78, 5) is 24.1. The Morgan fingerprint density at radius 2 is 2.40 bits per heavy atom. The number of nitrogens with one attached hydrogen (secondary N) is 1. The average molecular weight is 212 g/mol. The maximum absolute atomic E-state index is 11.3. The number of amides is 2. The van der Waals surface area contributed by atoms with Crippen LogP contribution in [0.5, 0.6) is 0 Å². The number of rotatable bonds is 3. The van der Waals surface area contributed by atoms with Gasteiger partial charge in [-0.1, -0.05) is 13.8 Å². The van der Waals surface area contributed by atoms with Crippen LogP contribution in [0, 0.1) is 5.92 Å². The Hall–Kier alpha value is -1.10. The summed E-state index contributed by atoms with van der Waals surface area (Å²) in [6, 6.07) is 0. The van der Waals surface area contributed by atoms with Crippen molar-refractivity contribution in [3.63, 3.8) is 0 Å². The minimum Gasteiger partial charge on any atom is -0.353 e. The standard InChI is InChI=1S/C10H16N2O3/c1-6(2)10(14)11-4-7-5-12-8(13)3-9(12)15-7/h6-7,9H,3-5H2,1-2H3,(H,11,14). The molecule has 15 heavy (non-hydrogen) atoms. The molecular formula is C10H16N2O3. The highest BCUT2D eigenvalue weighted by molar-refractivity contribution is 5.83. The molecule has 0 aromatic rings. The van der Waals surface area contributed by atoms with Crippen LogP contribution in [-0.2, 0) is 14.3 Å². The summed E-state index contributed by atoms with van der Waals surface area (Å²) in [5, 5.41) is 2.81. The van der Waals surface area contributed by atoms with Crippen molar-refractivity contribution in [1.29, 1.82) is 0 Å². The number of hydrogen-bond donors (Lipinski definition) is 1. The van der Waals surface area contributed by atoms with Gasteiger partial charge in [0.25, 0.3) is 0 Å². The topological polar surface area (TPSA) is 58.6 Å². The van der Waals surface area contributed by atoms with E-state index < -0.39 is 0 Å². The highest BCUT2D eigenvalue weighted by atomic mass is 16.5. The third kappa shape index (κ3) is 1.97. The van der Waals surface area contributed by atoms with Crippen molar-refractivity contribution in [2.24, 2.45) is 5.92 Å². The largest absolute Gasteiger partial charge is 0.353 e. The van der Waals surface area contributed by atoms with E-state index in [4.69, 9.17) is 4.74 Å². The molecule has 0 saturated carbocycles. The molecule has 0 bridgehead atoms. The lowest BCUT2D eigenvalue weighted by molar-refractivity contribution is -0.156. The molecule has 2 heterocycles. The molecule has 84 valence electrons. The van der Waals surface area contributed by atoms with Gasteiger partial charge < -0.3 is 15.0 Å². The van der Waals surface area contributed by atoms with Crippen molar-refractivity contribution in [2.75, 3.05) is 13.1 Å². The van der Waals surface area contributed by atoms with Gasteiger partial charge >= 0.3 is 0 Å². The molecule has 2 unspecified atom stereocenters. The Kier molecular flexibility index (Phi) is 2.65. The smallest absolute Gasteiger partial charge is 0.229 e. The first-order valence-electron chi connectivity index (χ1n) is 5.30. The van der Waals surface area contributed by atoms with Gasteiger partial charge in [-0.2, -0.15) is 0 Å². The van der Waals surface area contributed by atoms with Crippen molar-refractivity contribution in [1.82, 2.24) is 10.2 Å². The summed E-state index contributed by atoms with van der Waals surface area (Å²) >= 11 is 0. The summed E-state index contributed by atoms with van der Waals surface area (Å²) in [6.07, 6.45) is 0.428. The molecule has 2 saturated heterocycles. The van der Waals surface area contributed by atoms with Gasteiger partial charge in [0.15, 0.2) is 0 Å². The van der Waals surface area contributed by atoms with Crippen LogP contribution in [-0.4, -0.2) is 42.1 Å². The zero-order chi connectivity index (χ0) is 11.0. The lowest BCUT2D eigenvalue weighted by atomic mass is 10.2. The zero-order valence-electron chi connectivity index (χ0n) is 9.03. The average Bonchev–Trinajstić information content (AvgIpc) is 2.51. The molecule has 0 aromatic carbocycles. The van der Waals surface area contributed by atoms with Gasteiger partial charge in [-0.15, -0.1) is 0 Å². The summed E-state index contributed by atoms with van der Waals surface area (Å²) in [5.41, 5.74) is 0. The molecule has 2 fully saturated rings. The van der Waals surface area contributed by atoms with E-state index >= 15 is 0 Å². The molecular weight excluding hydrogens is 196 g/mol. The summed E-state index contributed by atoms with van der Waals surface area (Å²) in [5.74, 6) is 0.168. The Balaban J connectivity index is 1.74. The van der Waals surface area contributed by atoms with E-state index in [-0.39, 0.29) is 30.1 Å². The number of β-lactam (4-membered cyclic amide) rings is 1. The van der Waals surface area contributed by atoms with Crippen molar-refractivity contribution in [2.45, 2.75) is 32.6 Å². The Morgan fingerprint density at radius 1 is 1.67 bits per heavy atom. The maximum atomic E-state index is 11.3. The van der Waals surface area contributed by atoms with Crippen molar-refractivity contribution in [3.05, 3.63) is 0 Å². The van der Waals surface area contributed by atoms with Gasteiger partial charge in [0.2, 0.25) is 11.8 Å². The van der Waals surface area contributed by atoms with Crippen LogP contribution in [0.3, 0.4) is 0 Å². The normalized spacial score (nSPS) is 29.0. The minimum absolute atomic E-state index is 0.00920. The van der Waals surface area contributed by atoms with Crippen molar-refractivity contribution in [3.8, 4) is 0 Å². The van der Waals surface area contributed by atoms with E-state index in [0.29, 0.717) is 19.5 Å². The summed E-state index contributed by atoms with van der Waals surface area (Å²) < 4.78 is 5.55. The van der Waals surface area contributed by atoms with Crippen LogP contribution in [0.4, 0.5) is 0 Å². The Bertz CT molecular complexity index is 290. The van der Waals surface area contributed by atoms with Gasteiger partial charge in [0.1, 0.15) is 6.23 Å². The fraction of sp³-hybridized carbons (Fsp3) is 0.800. The molecule has 0 aromatic heterocycles. The highest BCUT2D eigenvalue weighted by Gasteiger charge is 2.45. The SMILES string of the molecule is CC(C)C(=O)NCC1CN2C(=O)CC2O1. The molecule has 0 radical (unpaired) electrons. The van der Waals surface area contributed by atoms with E-state index in [1.54, 1.807) is 4.90 Å². The van der Waals surface area contributed by atoms with Crippen LogP contribution >= 0.6 is 0 Å². The molecule has 5 nitrogen and oxygen atoms in total. The number of carbonyl (C=O) groups is 2. The van der Waals surface area contributed by atoms with Gasteiger partial charge in [0, 0.05) is 12.5 Å². The van der Waals surface area contributed by atoms with Crippen LogP contribution in [0.25, 0.3) is 0 Å². The molecule has 0 aliphatic carbocycles. The monoisotopic (exact) mass is 212 g/mol. The van der Waals surface area contributed by atoms with Crippen LogP contribution in [0.15, 0.2) is 0 Å². The second-order valence-electron chi connectivity index (χ2n) is 4.36. The number of hydrogen-bond acceptors (Lipinski definition) is 3. The molecule has 2 aliphatic heterocycles. The van der Waals surface area contributed by atoms with E-state index in [1.165, 1.54) is 0 Å². The van der Waals surface area contributed by atoms with Gasteiger partial charge in [-0.05, 0) is 0 Å². The molecule has 2 amide bonds. The third-order valence-corrected chi connectivity index (χ3v) is 2.80. The van der Waals surface area contributed by atoms with Gasteiger partial charge in [-0.3, -0.25) is 9.59 Å². The number of ether oxygens (including phenoxy) is 1.